The molecular formula is C16H11N3O3. The molecule has 1 aliphatic heterocycles. The molecule has 0 aromatic heterocycles. The van der Waals surface area contributed by atoms with Crippen LogP contribution in [0.15, 0.2) is 63.5 Å². The van der Waals surface area contributed by atoms with Crippen molar-refractivity contribution in [2.45, 2.75) is 0 Å². The smallest absolute Gasteiger partial charge is 0.436 e. The third-order valence-corrected chi connectivity index (χ3v) is 3.08. The van der Waals surface area contributed by atoms with Gasteiger partial charge >= 0.3 is 6.09 Å². The van der Waals surface area contributed by atoms with Gasteiger partial charge in [0.15, 0.2) is 5.78 Å². The van der Waals surface area contributed by atoms with Crippen LogP contribution in [0.3, 0.4) is 0 Å². The maximum Gasteiger partial charge on any atom is 0.436 e. The summed E-state index contributed by atoms with van der Waals surface area (Å²) in [6.07, 6.45) is -0.768. The number of ketones is 1. The molecule has 22 heavy (non-hydrogen) atoms. The van der Waals surface area contributed by atoms with Crippen molar-refractivity contribution in [1.82, 2.24) is 0 Å². The number of aliphatic imine (C=N–C) groups is 1. The lowest BCUT2D eigenvalue weighted by Gasteiger charge is -1.99. The minimum absolute atomic E-state index is 0.0196. The van der Waals surface area contributed by atoms with E-state index in [0.29, 0.717) is 21.8 Å². The Labute approximate surface area is 125 Å². The fraction of sp³-hybridized carbons (Fsp3) is 0.0625. The van der Waals surface area contributed by atoms with Crippen molar-refractivity contribution >= 4 is 17.8 Å². The number of benzene rings is 2. The molecule has 0 spiro atoms. The quantitative estimate of drug-likeness (QED) is 0.782. The lowest BCUT2D eigenvalue weighted by atomic mass is 10.0. The van der Waals surface area contributed by atoms with Crippen molar-refractivity contribution in [3.63, 3.8) is 0 Å². The number of methoxy groups -OCH3 is 1. The molecule has 0 atom stereocenters. The summed E-state index contributed by atoms with van der Waals surface area (Å²) in [6, 6.07) is 13.9. The lowest BCUT2D eigenvalue weighted by Crippen LogP contribution is -2.22. The number of guanidine groups is 1. The molecule has 0 saturated carbocycles. The minimum atomic E-state index is -0.768. The average molecular weight is 293 g/mol. The zero-order valence-electron chi connectivity index (χ0n) is 11.7. The van der Waals surface area contributed by atoms with E-state index >= 15 is 0 Å². The maximum absolute atomic E-state index is 12.4. The number of nitrogens with zero attached hydrogens (tertiary/aromatic N) is 3. The highest BCUT2D eigenvalue weighted by Gasteiger charge is 2.12. The molecule has 2 aromatic rings. The second kappa shape index (κ2) is 5.69. The Kier molecular flexibility index (Phi) is 3.57. The van der Waals surface area contributed by atoms with Crippen LogP contribution in [0.4, 0.5) is 4.79 Å². The van der Waals surface area contributed by atoms with Gasteiger partial charge in [-0.1, -0.05) is 30.3 Å². The summed E-state index contributed by atoms with van der Waals surface area (Å²) in [4.78, 5) is 35.2. The number of hydrogen-bond acceptors (Lipinski definition) is 3. The number of rotatable bonds is 2. The predicted molar refractivity (Wildman–Crippen MR) is 78.5 cm³/mol. The third kappa shape index (κ3) is 2.67. The van der Waals surface area contributed by atoms with E-state index in [-0.39, 0.29) is 11.7 Å². The summed E-state index contributed by atoms with van der Waals surface area (Å²) >= 11 is 0. The van der Waals surface area contributed by atoms with Crippen molar-refractivity contribution in [2.75, 3.05) is 7.11 Å². The first kappa shape index (κ1) is 13.8. The normalized spacial score (nSPS) is 14.0. The number of ether oxygens (including phenoxy) is 1. The molecule has 0 N–H and O–H groups in total. The Morgan fingerprint density at radius 1 is 0.955 bits per heavy atom. The van der Waals surface area contributed by atoms with Crippen molar-refractivity contribution in [1.29, 1.82) is 0 Å². The van der Waals surface area contributed by atoms with Crippen LogP contribution in [-0.4, -0.2) is 24.9 Å². The van der Waals surface area contributed by atoms with E-state index < -0.39 is 6.09 Å². The van der Waals surface area contributed by atoms with Gasteiger partial charge in [-0.25, -0.2) is 14.8 Å². The number of fused-ring (bicyclic) bond motifs is 1. The van der Waals surface area contributed by atoms with Gasteiger partial charge in [0.1, 0.15) is 0 Å². The monoisotopic (exact) mass is 293 g/mol. The molecule has 0 aliphatic carbocycles. The molecule has 6 heteroatoms. The zero-order valence-corrected chi connectivity index (χ0v) is 11.7. The summed E-state index contributed by atoms with van der Waals surface area (Å²) in [5.74, 6) is -0.0804. The predicted octanol–water partition coefficient (Wildman–Crippen LogP) is 1.29. The van der Waals surface area contributed by atoms with Gasteiger partial charge in [-0.2, -0.15) is 0 Å². The number of hydrogen-bond donors (Lipinski definition) is 0. The highest BCUT2D eigenvalue weighted by Crippen LogP contribution is 2.07. The lowest BCUT2D eigenvalue weighted by molar-refractivity contribution is 0.103. The van der Waals surface area contributed by atoms with Crippen molar-refractivity contribution in [3.8, 4) is 0 Å². The molecule has 0 bridgehead atoms. The Bertz CT molecular complexity index is 902. The molecule has 0 saturated heterocycles. The number of carbonyl (C=O) groups is 2. The van der Waals surface area contributed by atoms with Gasteiger partial charge in [-0.3, -0.25) is 4.79 Å². The van der Waals surface area contributed by atoms with E-state index in [1.807, 2.05) is 6.07 Å². The Morgan fingerprint density at radius 2 is 1.68 bits per heavy atom. The summed E-state index contributed by atoms with van der Waals surface area (Å²) in [5.41, 5.74) is 1.10. The molecule has 1 amide bonds. The van der Waals surface area contributed by atoms with E-state index in [1.54, 1.807) is 42.5 Å². The fourth-order valence-electron chi connectivity index (χ4n) is 2.02. The van der Waals surface area contributed by atoms with Crippen LogP contribution in [0.1, 0.15) is 15.9 Å². The third-order valence-electron chi connectivity index (χ3n) is 3.08. The first-order chi connectivity index (χ1) is 10.7. The van der Waals surface area contributed by atoms with Gasteiger partial charge in [-0.15, -0.1) is 4.99 Å². The van der Waals surface area contributed by atoms with E-state index in [0.717, 1.165) is 0 Å². The molecule has 3 rings (SSSR count). The van der Waals surface area contributed by atoms with Gasteiger partial charge in [0, 0.05) is 11.1 Å². The zero-order chi connectivity index (χ0) is 15.5. The molecule has 1 aliphatic rings. The van der Waals surface area contributed by atoms with Gasteiger partial charge < -0.3 is 4.74 Å². The maximum atomic E-state index is 12.4. The molecule has 108 valence electrons. The first-order valence-electron chi connectivity index (χ1n) is 6.51. The van der Waals surface area contributed by atoms with Crippen LogP contribution >= 0.6 is 0 Å². The highest BCUT2D eigenvalue weighted by molar-refractivity contribution is 6.09. The summed E-state index contributed by atoms with van der Waals surface area (Å²) in [7, 11) is 1.23. The van der Waals surface area contributed by atoms with Crippen LogP contribution in [0.25, 0.3) is 0 Å². The number of amides is 1. The van der Waals surface area contributed by atoms with Crippen molar-refractivity contribution < 1.29 is 14.3 Å². The van der Waals surface area contributed by atoms with Crippen LogP contribution in [0, 0.1) is 0 Å². The molecule has 0 unspecified atom stereocenters. The topological polar surface area (TPSA) is 80.5 Å². The highest BCUT2D eigenvalue weighted by atomic mass is 16.5. The standard InChI is InChI=1S/C16H11N3O3/c1-22-16(21)19-15-17-12-8-7-11(9-13(12)18-15)14(20)10-5-3-2-4-6-10/h2-9H,1H3. The van der Waals surface area contributed by atoms with E-state index in [2.05, 4.69) is 19.7 Å². The molecule has 0 fully saturated rings. The average Bonchev–Trinajstić information content (AvgIpc) is 2.96. The Hall–Kier alpha value is -3.15. The number of carbonyl (C=O) groups excluding carboxylic acids is 2. The second-order valence-electron chi connectivity index (χ2n) is 4.50. The van der Waals surface area contributed by atoms with Gasteiger partial charge in [-0.05, 0) is 18.2 Å². The van der Waals surface area contributed by atoms with E-state index in [4.69, 9.17) is 0 Å². The van der Waals surface area contributed by atoms with Gasteiger partial charge in [0.05, 0.1) is 17.8 Å². The fourth-order valence-corrected chi connectivity index (χ4v) is 2.02. The first-order valence-corrected chi connectivity index (χ1v) is 6.51. The molecule has 6 nitrogen and oxygen atoms in total. The molecular weight excluding hydrogens is 282 g/mol. The van der Waals surface area contributed by atoms with Crippen LogP contribution < -0.4 is 10.7 Å². The van der Waals surface area contributed by atoms with E-state index in [9.17, 15) is 9.59 Å². The summed E-state index contributed by atoms with van der Waals surface area (Å²) < 4.78 is 4.43. The largest absolute Gasteiger partial charge is 0.451 e. The second-order valence-corrected chi connectivity index (χ2v) is 4.50. The minimum Gasteiger partial charge on any atom is -0.451 e. The molecule has 2 aromatic carbocycles. The Morgan fingerprint density at radius 3 is 2.41 bits per heavy atom. The van der Waals surface area contributed by atoms with Crippen LogP contribution in [0.2, 0.25) is 0 Å². The summed E-state index contributed by atoms with van der Waals surface area (Å²) in [5, 5.41) is 1.07. The Balaban J connectivity index is 1.99. The molecule has 1 heterocycles. The molecule has 0 radical (unpaired) electrons. The van der Waals surface area contributed by atoms with Crippen LogP contribution in [-0.2, 0) is 4.74 Å². The van der Waals surface area contributed by atoms with Crippen molar-refractivity contribution in [2.24, 2.45) is 15.0 Å². The van der Waals surface area contributed by atoms with E-state index in [1.165, 1.54) is 7.11 Å². The van der Waals surface area contributed by atoms with Gasteiger partial charge in [0.2, 0.25) is 0 Å². The SMILES string of the molecule is COC(=O)N=C1N=c2ccc(C(=O)c3ccccc3)cc2=N1. The van der Waals surface area contributed by atoms with Crippen molar-refractivity contribution in [3.05, 3.63) is 70.4 Å². The summed E-state index contributed by atoms with van der Waals surface area (Å²) in [6.45, 7) is 0. The van der Waals surface area contributed by atoms with Crippen LogP contribution in [0.5, 0.6) is 0 Å². The van der Waals surface area contributed by atoms with Gasteiger partial charge in [0.25, 0.3) is 5.96 Å².